The van der Waals surface area contributed by atoms with E-state index in [1.807, 2.05) is 0 Å². The summed E-state index contributed by atoms with van der Waals surface area (Å²) in [5.41, 5.74) is 0.411. The molecule has 16 heavy (non-hydrogen) atoms. The van der Waals surface area contributed by atoms with Gasteiger partial charge in [-0.25, -0.2) is 0 Å². The second-order valence-corrected chi connectivity index (χ2v) is 3.88. The molecule has 0 heterocycles. The van der Waals surface area contributed by atoms with Gasteiger partial charge in [0, 0.05) is 5.56 Å². The molecule has 0 amide bonds. The lowest BCUT2D eigenvalue weighted by Crippen LogP contribution is -2.10. The van der Waals surface area contributed by atoms with Gasteiger partial charge in [0.05, 0.1) is 11.6 Å². The van der Waals surface area contributed by atoms with E-state index < -0.39 is 5.97 Å². The molecule has 1 rings (SSSR count). The predicted octanol–water partition coefficient (Wildman–Crippen LogP) is 2.41. The van der Waals surface area contributed by atoms with Crippen molar-refractivity contribution in [2.24, 2.45) is 0 Å². The molecule has 0 aliphatic heterocycles. The lowest BCUT2D eigenvalue weighted by Gasteiger charge is -2.10. The van der Waals surface area contributed by atoms with Gasteiger partial charge in [-0.05, 0) is 28.1 Å². The molecule has 0 unspecified atom stereocenters. The highest BCUT2D eigenvalue weighted by Gasteiger charge is 2.14. The summed E-state index contributed by atoms with van der Waals surface area (Å²) in [7, 11) is 1.41. The molecule has 0 spiro atoms. The fourth-order valence-corrected chi connectivity index (χ4v) is 1.64. The number of esters is 1. The summed E-state index contributed by atoms with van der Waals surface area (Å²) >= 11 is 8.50. The van der Waals surface area contributed by atoms with Crippen LogP contribution in [0.3, 0.4) is 0 Å². The molecule has 0 saturated heterocycles. The van der Waals surface area contributed by atoms with E-state index in [1.54, 1.807) is 0 Å². The lowest BCUT2D eigenvalue weighted by atomic mass is 10.2. The number of halogens is 2. The average Bonchev–Trinajstić information content (AvgIpc) is 2.30. The molecule has 0 aromatic heterocycles. The van der Waals surface area contributed by atoms with E-state index >= 15 is 0 Å². The minimum atomic E-state index is -0.598. The summed E-state index contributed by atoms with van der Waals surface area (Å²) in [6.07, 6.45) is 0.667. The van der Waals surface area contributed by atoms with Crippen molar-refractivity contribution in [3.63, 3.8) is 0 Å². The lowest BCUT2D eigenvalue weighted by molar-refractivity contribution is -0.131. The predicted molar refractivity (Wildman–Crippen MR) is 62.4 cm³/mol. The Morgan fingerprint density at radius 1 is 1.56 bits per heavy atom. The molecule has 4 nitrogen and oxygen atoms in total. The minimum absolute atomic E-state index is 0.207. The largest absolute Gasteiger partial charge is 0.493 e. The number of benzene rings is 1. The van der Waals surface area contributed by atoms with Gasteiger partial charge in [-0.15, -0.1) is 11.6 Å². The average molecular weight is 308 g/mol. The quantitative estimate of drug-likeness (QED) is 0.371. The van der Waals surface area contributed by atoms with E-state index in [4.69, 9.17) is 21.1 Å². The van der Waals surface area contributed by atoms with Gasteiger partial charge in [-0.3, -0.25) is 9.59 Å². The molecule has 0 fully saturated rings. The molecule has 6 heteroatoms. The number of carbonyl (C=O) groups excluding carboxylic acids is 2. The third kappa shape index (κ3) is 2.96. The van der Waals surface area contributed by atoms with Crippen molar-refractivity contribution in [1.29, 1.82) is 0 Å². The number of hydrogen-bond donors (Lipinski definition) is 0. The first-order chi connectivity index (χ1) is 7.62. The van der Waals surface area contributed by atoms with E-state index in [0.717, 1.165) is 0 Å². The first-order valence-electron chi connectivity index (χ1n) is 4.21. The molecule has 1 aromatic rings. The van der Waals surface area contributed by atoms with Crippen molar-refractivity contribution >= 4 is 39.8 Å². The summed E-state index contributed by atoms with van der Waals surface area (Å²) in [5.74, 6) is -0.362. The van der Waals surface area contributed by atoms with Crippen molar-refractivity contribution < 1.29 is 19.1 Å². The Kier molecular flexibility index (Phi) is 4.76. The standard InChI is InChI=1S/C10H8BrClO4/c1-15-8-3-6(5-13)2-7(11)10(8)16-9(14)4-12/h2-3,5H,4H2,1H3. The molecule has 1 aromatic carbocycles. The monoisotopic (exact) mass is 306 g/mol. The van der Waals surface area contributed by atoms with Gasteiger partial charge in [-0.2, -0.15) is 0 Å². The number of carbonyl (C=O) groups is 2. The van der Waals surface area contributed by atoms with Crippen molar-refractivity contribution in [1.82, 2.24) is 0 Å². The fraction of sp³-hybridized carbons (Fsp3) is 0.200. The first kappa shape index (κ1) is 13.0. The van der Waals surface area contributed by atoms with Crippen molar-refractivity contribution in [2.45, 2.75) is 0 Å². The summed E-state index contributed by atoms with van der Waals surface area (Å²) < 4.78 is 10.4. The minimum Gasteiger partial charge on any atom is -0.493 e. The maximum absolute atomic E-state index is 11.1. The summed E-state index contributed by atoms with van der Waals surface area (Å²) in [5, 5.41) is 0. The number of aldehydes is 1. The summed E-state index contributed by atoms with van der Waals surface area (Å²) in [6.45, 7) is 0. The molecule has 0 bridgehead atoms. The molecule has 0 saturated carbocycles. The second kappa shape index (κ2) is 5.86. The second-order valence-electron chi connectivity index (χ2n) is 2.76. The molecule has 0 aliphatic carbocycles. The molecular formula is C10H8BrClO4. The van der Waals surface area contributed by atoms with E-state index in [-0.39, 0.29) is 17.4 Å². The van der Waals surface area contributed by atoms with Crippen molar-refractivity contribution in [3.8, 4) is 11.5 Å². The Labute approximate surface area is 106 Å². The Morgan fingerprint density at radius 3 is 2.75 bits per heavy atom. The van der Waals surface area contributed by atoms with Gasteiger partial charge in [-0.1, -0.05) is 0 Å². The van der Waals surface area contributed by atoms with E-state index in [2.05, 4.69) is 15.9 Å². The number of alkyl halides is 1. The number of ether oxygens (including phenoxy) is 2. The molecule has 0 radical (unpaired) electrons. The molecular weight excluding hydrogens is 299 g/mol. The van der Waals surface area contributed by atoms with Crippen LogP contribution in [0, 0.1) is 0 Å². The fourth-order valence-electron chi connectivity index (χ4n) is 1.05. The number of methoxy groups -OCH3 is 1. The summed E-state index contributed by atoms with van der Waals surface area (Å²) in [4.78, 5) is 21.7. The third-order valence-corrected chi connectivity index (χ3v) is 2.52. The van der Waals surface area contributed by atoms with Gasteiger partial charge in [0.15, 0.2) is 11.5 Å². The highest BCUT2D eigenvalue weighted by Crippen LogP contribution is 2.36. The summed E-state index contributed by atoms with van der Waals surface area (Å²) in [6, 6.07) is 2.99. The highest BCUT2D eigenvalue weighted by atomic mass is 79.9. The zero-order chi connectivity index (χ0) is 12.1. The van der Waals surface area contributed by atoms with Crippen molar-refractivity contribution in [2.75, 3.05) is 13.0 Å². The zero-order valence-corrected chi connectivity index (χ0v) is 10.7. The van der Waals surface area contributed by atoms with E-state index in [1.165, 1.54) is 19.2 Å². The number of hydrogen-bond acceptors (Lipinski definition) is 4. The molecule has 86 valence electrons. The number of rotatable bonds is 4. The Bertz CT molecular complexity index is 420. The van der Waals surface area contributed by atoms with Gasteiger partial charge in [0.2, 0.25) is 0 Å². The molecule has 0 N–H and O–H groups in total. The van der Waals surface area contributed by atoms with Gasteiger partial charge in [0.25, 0.3) is 0 Å². The highest BCUT2D eigenvalue weighted by molar-refractivity contribution is 9.10. The van der Waals surface area contributed by atoms with Gasteiger partial charge in [0.1, 0.15) is 12.2 Å². The van der Waals surface area contributed by atoms with Crippen LogP contribution in [0.25, 0.3) is 0 Å². The van der Waals surface area contributed by atoms with E-state index in [9.17, 15) is 9.59 Å². The van der Waals surface area contributed by atoms with E-state index in [0.29, 0.717) is 16.3 Å². The SMILES string of the molecule is COc1cc(C=O)cc(Br)c1OC(=O)CCl. The van der Waals surface area contributed by atoms with Crippen LogP contribution in [0.2, 0.25) is 0 Å². The first-order valence-corrected chi connectivity index (χ1v) is 5.54. The smallest absolute Gasteiger partial charge is 0.326 e. The maximum Gasteiger partial charge on any atom is 0.326 e. The molecule has 0 aliphatic rings. The van der Waals surface area contributed by atoms with Crippen LogP contribution < -0.4 is 9.47 Å². The topological polar surface area (TPSA) is 52.6 Å². The Morgan fingerprint density at radius 2 is 2.25 bits per heavy atom. The third-order valence-electron chi connectivity index (χ3n) is 1.71. The Hall–Kier alpha value is -1.07. The Balaban J connectivity index is 3.16. The zero-order valence-electron chi connectivity index (χ0n) is 8.33. The van der Waals surface area contributed by atoms with Crippen LogP contribution >= 0.6 is 27.5 Å². The van der Waals surface area contributed by atoms with Crippen LogP contribution in [-0.4, -0.2) is 25.2 Å². The van der Waals surface area contributed by atoms with Gasteiger partial charge >= 0.3 is 5.97 Å². The van der Waals surface area contributed by atoms with Crippen LogP contribution in [0.4, 0.5) is 0 Å². The van der Waals surface area contributed by atoms with Crippen LogP contribution in [0.15, 0.2) is 16.6 Å². The molecule has 0 atom stereocenters. The van der Waals surface area contributed by atoms with Crippen LogP contribution in [0.1, 0.15) is 10.4 Å². The maximum atomic E-state index is 11.1. The van der Waals surface area contributed by atoms with Gasteiger partial charge < -0.3 is 9.47 Å². The van der Waals surface area contributed by atoms with Crippen molar-refractivity contribution in [3.05, 3.63) is 22.2 Å². The van der Waals surface area contributed by atoms with Crippen LogP contribution in [-0.2, 0) is 4.79 Å². The van der Waals surface area contributed by atoms with Crippen LogP contribution in [0.5, 0.6) is 11.5 Å². The normalized spacial score (nSPS) is 9.69.